The van der Waals surface area contributed by atoms with Gasteiger partial charge < -0.3 is 5.11 Å². The molecule has 0 bridgehead atoms. The number of aliphatic hydroxyl groups excluding tert-OH is 1. The van der Waals surface area contributed by atoms with Gasteiger partial charge in [-0.3, -0.25) is 4.79 Å². The number of fused-ring (bicyclic) bond motifs is 1. The summed E-state index contributed by atoms with van der Waals surface area (Å²) in [7, 11) is 0. The SMILES string of the molecule is CC(=O)Cc1cccc(-c2ccc3ncc(-c4cccc(CO)c4)n3n2)c1. The van der Waals surface area contributed by atoms with E-state index in [0.29, 0.717) is 6.42 Å². The number of hydrogen-bond acceptors (Lipinski definition) is 4. The number of benzene rings is 2. The zero-order valence-electron chi connectivity index (χ0n) is 15.0. The van der Waals surface area contributed by atoms with Crippen molar-refractivity contribution in [1.82, 2.24) is 14.6 Å². The monoisotopic (exact) mass is 357 g/mol. The molecule has 2 heterocycles. The van der Waals surface area contributed by atoms with Gasteiger partial charge in [-0.1, -0.05) is 36.4 Å². The lowest BCUT2D eigenvalue weighted by Gasteiger charge is -2.07. The topological polar surface area (TPSA) is 67.5 Å². The average Bonchev–Trinajstić information content (AvgIpc) is 3.11. The Bertz CT molecular complexity index is 1130. The Kier molecular flexibility index (Phi) is 4.52. The summed E-state index contributed by atoms with van der Waals surface area (Å²) in [5.74, 6) is 0.135. The third-order valence-electron chi connectivity index (χ3n) is 4.44. The Hall–Kier alpha value is -3.31. The van der Waals surface area contributed by atoms with E-state index in [1.165, 1.54) is 0 Å². The quantitative estimate of drug-likeness (QED) is 0.591. The third kappa shape index (κ3) is 3.50. The minimum atomic E-state index is -0.00774. The predicted molar refractivity (Wildman–Crippen MR) is 104 cm³/mol. The molecule has 0 saturated carbocycles. The molecule has 4 aromatic rings. The fourth-order valence-electron chi connectivity index (χ4n) is 3.18. The molecule has 0 fully saturated rings. The van der Waals surface area contributed by atoms with Crippen LogP contribution in [0.2, 0.25) is 0 Å². The highest BCUT2D eigenvalue weighted by molar-refractivity contribution is 5.78. The van der Waals surface area contributed by atoms with E-state index in [2.05, 4.69) is 4.98 Å². The molecule has 0 aliphatic rings. The molecule has 5 nitrogen and oxygen atoms in total. The van der Waals surface area contributed by atoms with Gasteiger partial charge in [0.05, 0.1) is 24.2 Å². The minimum absolute atomic E-state index is 0.00774. The molecule has 1 N–H and O–H groups in total. The second-order valence-corrected chi connectivity index (χ2v) is 6.57. The minimum Gasteiger partial charge on any atom is -0.392 e. The average molecular weight is 357 g/mol. The number of rotatable bonds is 5. The number of aromatic nitrogens is 3. The smallest absolute Gasteiger partial charge is 0.154 e. The van der Waals surface area contributed by atoms with Crippen LogP contribution in [0.15, 0.2) is 66.9 Å². The standard InChI is InChI=1S/C22H19N3O2/c1-15(27)10-16-4-2-6-18(11-16)20-8-9-22-23-13-21(25(22)24-20)19-7-3-5-17(12-19)14-26/h2-9,11-13,26H,10,14H2,1H3. The molecule has 0 unspecified atom stereocenters. The third-order valence-corrected chi connectivity index (χ3v) is 4.44. The molecule has 0 aliphatic heterocycles. The molecule has 0 atom stereocenters. The fourth-order valence-corrected chi connectivity index (χ4v) is 3.18. The van der Waals surface area contributed by atoms with Crippen LogP contribution in [-0.4, -0.2) is 25.5 Å². The van der Waals surface area contributed by atoms with Crippen molar-refractivity contribution >= 4 is 11.4 Å². The Morgan fingerprint density at radius 1 is 1.00 bits per heavy atom. The first-order valence-electron chi connectivity index (χ1n) is 8.78. The summed E-state index contributed by atoms with van der Waals surface area (Å²) in [6.45, 7) is 1.58. The first-order valence-corrected chi connectivity index (χ1v) is 8.78. The molecule has 134 valence electrons. The number of Topliss-reactive ketones (excluding diaryl/α,β-unsaturated/α-hetero) is 1. The number of aliphatic hydroxyl groups is 1. The molecular weight excluding hydrogens is 338 g/mol. The summed E-state index contributed by atoms with van der Waals surface area (Å²) >= 11 is 0. The van der Waals surface area contributed by atoms with Gasteiger partial charge in [0.2, 0.25) is 0 Å². The van der Waals surface area contributed by atoms with Crippen molar-refractivity contribution in [3.8, 4) is 22.5 Å². The van der Waals surface area contributed by atoms with E-state index in [1.54, 1.807) is 13.1 Å². The van der Waals surface area contributed by atoms with Crippen molar-refractivity contribution in [3.63, 3.8) is 0 Å². The lowest BCUT2D eigenvalue weighted by atomic mass is 10.0. The van der Waals surface area contributed by atoms with Gasteiger partial charge in [0.15, 0.2) is 5.65 Å². The van der Waals surface area contributed by atoms with Gasteiger partial charge in [-0.15, -0.1) is 0 Å². The molecule has 27 heavy (non-hydrogen) atoms. The maximum absolute atomic E-state index is 11.4. The van der Waals surface area contributed by atoms with Crippen LogP contribution < -0.4 is 0 Å². The van der Waals surface area contributed by atoms with E-state index in [-0.39, 0.29) is 12.4 Å². The van der Waals surface area contributed by atoms with Crippen molar-refractivity contribution in [3.05, 3.63) is 78.0 Å². The van der Waals surface area contributed by atoms with Gasteiger partial charge in [0.25, 0.3) is 0 Å². The van der Waals surface area contributed by atoms with Gasteiger partial charge in [-0.25, -0.2) is 9.50 Å². The molecule has 5 heteroatoms. The number of hydrogen-bond donors (Lipinski definition) is 1. The van der Waals surface area contributed by atoms with Crippen molar-refractivity contribution < 1.29 is 9.90 Å². The molecule has 0 aliphatic carbocycles. The highest BCUT2D eigenvalue weighted by atomic mass is 16.3. The van der Waals surface area contributed by atoms with E-state index in [1.807, 2.05) is 65.2 Å². The molecule has 0 amide bonds. The summed E-state index contributed by atoms with van der Waals surface area (Å²) in [5, 5.41) is 14.2. The van der Waals surface area contributed by atoms with Crippen LogP contribution in [0.3, 0.4) is 0 Å². The number of imidazole rings is 1. The van der Waals surface area contributed by atoms with Gasteiger partial charge in [-0.05, 0) is 42.3 Å². The van der Waals surface area contributed by atoms with E-state index in [0.717, 1.165) is 39.3 Å². The second kappa shape index (κ2) is 7.13. The Morgan fingerprint density at radius 3 is 2.52 bits per heavy atom. The normalized spacial score (nSPS) is 11.0. The Labute approximate surface area is 156 Å². The molecule has 0 saturated heterocycles. The summed E-state index contributed by atoms with van der Waals surface area (Å²) in [4.78, 5) is 15.8. The zero-order valence-corrected chi connectivity index (χ0v) is 15.0. The molecule has 2 aromatic carbocycles. The molecular formula is C22H19N3O2. The van der Waals surface area contributed by atoms with E-state index in [4.69, 9.17) is 5.10 Å². The zero-order chi connectivity index (χ0) is 18.8. The van der Waals surface area contributed by atoms with Crippen molar-refractivity contribution in [2.24, 2.45) is 0 Å². The maximum atomic E-state index is 11.4. The van der Waals surface area contributed by atoms with E-state index < -0.39 is 0 Å². The van der Waals surface area contributed by atoms with Gasteiger partial charge >= 0.3 is 0 Å². The van der Waals surface area contributed by atoms with Crippen LogP contribution in [-0.2, 0) is 17.8 Å². The molecule has 0 radical (unpaired) electrons. The molecule has 4 rings (SSSR count). The van der Waals surface area contributed by atoms with Crippen LogP contribution in [0.25, 0.3) is 28.2 Å². The van der Waals surface area contributed by atoms with Gasteiger partial charge in [0, 0.05) is 17.5 Å². The summed E-state index contributed by atoms with van der Waals surface area (Å²) in [6.07, 6.45) is 2.20. The van der Waals surface area contributed by atoms with Gasteiger partial charge in [0.1, 0.15) is 5.78 Å². The van der Waals surface area contributed by atoms with Crippen LogP contribution in [0.1, 0.15) is 18.1 Å². The van der Waals surface area contributed by atoms with Crippen LogP contribution in [0, 0.1) is 0 Å². The van der Waals surface area contributed by atoms with E-state index in [9.17, 15) is 9.90 Å². The predicted octanol–water partition coefficient (Wildman–Crippen LogP) is 3.69. The first kappa shape index (κ1) is 17.1. The molecule has 2 aromatic heterocycles. The van der Waals surface area contributed by atoms with Crippen molar-refractivity contribution in [1.29, 1.82) is 0 Å². The second-order valence-electron chi connectivity index (χ2n) is 6.57. The van der Waals surface area contributed by atoms with Crippen LogP contribution >= 0.6 is 0 Å². The van der Waals surface area contributed by atoms with E-state index >= 15 is 0 Å². The number of nitrogens with zero attached hydrogens (tertiary/aromatic N) is 3. The maximum Gasteiger partial charge on any atom is 0.154 e. The van der Waals surface area contributed by atoms with Gasteiger partial charge in [-0.2, -0.15) is 5.10 Å². The summed E-state index contributed by atoms with van der Waals surface area (Å²) < 4.78 is 1.81. The van der Waals surface area contributed by atoms with Crippen molar-refractivity contribution in [2.45, 2.75) is 20.0 Å². The summed E-state index contributed by atoms with van der Waals surface area (Å²) in [5.41, 5.74) is 6.15. The van der Waals surface area contributed by atoms with Crippen LogP contribution in [0.4, 0.5) is 0 Å². The highest BCUT2D eigenvalue weighted by Crippen LogP contribution is 2.24. The summed E-state index contributed by atoms with van der Waals surface area (Å²) in [6, 6.07) is 19.4. The largest absolute Gasteiger partial charge is 0.392 e. The first-order chi connectivity index (χ1) is 13.1. The fraction of sp³-hybridized carbons (Fsp3) is 0.136. The number of carbonyl (C=O) groups is 1. The van der Waals surface area contributed by atoms with Crippen molar-refractivity contribution in [2.75, 3.05) is 0 Å². The number of ketones is 1. The van der Waals surface area contributed by atoms with Crippen LogP contribution in [0.5, 0.6) is 0 Å². The Balaban J connectivity index is 1.79. The number of carbonyl (C=O) groups excluding carboxylic acids is 1. The Morgan fingerprint density at radius 2 is 1.74 bits per heavy atom. The lowest BCUT2D eigenvalue weighted by Crippen LogP contribution is -1.99. The highest BCUT2D eigenvalue weighted by Gasteiger charge is 2.10. The molecule has 0 spiro atoms. The lowest BCUT2D eigenvalue weighted by molar-refractivity contribution is -0.116.